The molecule has 3 atom stereocenters. The van der Waals surface area contributed by atoms with Crippen LogP contribution in [0.1, 0.15) is 29.4 Å². The van der Waals surface area contributed by atoms with Gasteiger partial charge in [-0.05, 0) is 64.7 Å². The van der Waals surface area contributed by atoms with Crippen molar-refractivity contribution < 1.29 is 33.0 Å². The number of benzene rings is 2. The van der Waals surface area contributed by atoms with Crippen LogP contribution in [0, 0.1) is 11.7 Å². The van der Waals surface area contributed by atoms with Crippen LogP contribution in [0.25, 0.3) is 0 Å². The van der Waals surface area contributed by atoms with Crippen LogP contribution in [-0.2, 0) is 23.9 Å². The Hall–Kier alpha value is -4.44. The van der Waals surface area contributed by atoms with Gasteiger partial charge in [-0.25, -0.2) is 9.18 Å². The first kappa shape index (κ1) is 27.1. The minimum Gasteiger partial charge on any atom is -0.497 e. The molecule has 1 aliphatic carbocycles. The molecule has 8 nitrogen and oxygen atoms in total. The van der Waals surface area contributed by atoms with Crippen LogP contribution in [0.15, 0.2) is 88.0 Å². The van der Waals surface area contributed by atoms with Crippen LogP contribution in [0.3, 0.4) is 0 Å². The van der Waals surface area contributed by atoms with Gasteiger partial charge in [0.05, 0.1) is 38.5 Å². The molecule has 1 aliphatic heterocycles. The molecular weight excluding hydrogens is 535 g/mol. The lowest BCUT2D eigenvalue weighted by Gasteiger charge is -2.43. The maximum absolute atomic E-state index is 14.5. The van der Waals surface area contributed by atoms with Crippen LogP contribution >= 0.6 is 11.3 Å². The van der Waals surface area contributed by atoms with Gasteiger partial charge in [0.1, 0.15) is 23.3 Å². The van der Waals surface area contributed by atoms with E-state index in [1.807, 2.05) is 10.8 Å². The van der Waals surface area contributed by atoms with Crippen molar-refractivity contribution in [2.45, 2.75) is 18.3 Å². The Labute approximate surface area is 234 Å². The van der Waals surface area contributed by atoms with Crippen LogP contribution < -0.4 is 15.4 Å². The third kappa shape index (κ3) is 4.54. The number of halogens is 1. The highest BCUT2D eigenvalue weighted by atomic mass is 32.1. The summed E-state index contributed by atoms with van der Waals surface area (Å²) in [6, 6.07) is 14.6. The summed E-state index contributed by atoms with van der Waals surface area (Å²) in [6.45, 7) is 0. The number of carbonyl (C=O) groups excluding carboxylic acids is 3. The quantitative estimate of drug-likeness (QED) is 0.342. The molecular formula is C30H27FN2O6S. The number of nitrogens with two attached hydrogens (primary N) is 1. The lowest BCUT2D eigenvalue weighted by molar-refractivity contribution is -0.150. The van der Waals surface area contributed by atoms with Gasteiger partial charge in [-0.2, -0.15) is 11.3 Å². The van der Waals surface area contributed by atoms with Crippen molar-refractivity contribution in [3.05, 3.63) is 105 Å². The molecule has 1 aromatic heterocycles. The zero-order valence-electron chi connectivity index (χ0n) is 22.1. The normalized spacial score (nSPS) is 20.8. The molecule has 206 valence electrons. The summed E-state index contributed by atoms with van der Waals surface area (Å²) in [7, 11) is 4.01. The Balaban J connectivity index is 1.79. The first-order valence-electron chi connectivity index (χ1n) is 12.4. The Morgan fingerprint density at radius 1 is 1.02 bits per heavy atom. The van der Waals surface area contributed by atoms with Gasteiger partial charge in [-0.3, -0.25) is 14.5 Å². The molecule has 0 saturated heterocycles. The minimum absolute atomic E-state index is 0.0187. The molecule has 40 heavy (non-hydrogen) atoms. The van der Waals surface area contributed by atoms with Gasteiger partial charge < -0.3 is 19.9 Å². The van der Waals surface area contributed by atoms with Gasteiger partial charge in [0, 0.05) is 17.2 Å². The number of esters is 2. The number of carbonyl (C=O) groups is 3. The minimum atomic E-state index is -1.19. The summed E-state index contributed by atoms with van der Waals surface area (Å²) in [4.78, 5) is 42.4. The standard InChI is InChI=1S/C30H27FN2O6S/c1-37-20-9-7-16(8-10-20)21-14-22-25(27(34)24(21)29(35)38-2)23(17-11-12-40-15-17)26(30(36)39-3)28(32)33(22)19-6-4-5-18(31)13-19/h4-13,15,21,23-24H,14,32H2,1-3H3/t21-,23+,24+/m0/s1. The second-order valence-electron chi connectivity index (χ2n) is 9.40. The number of rotatable bonds is 6. The summed E-state index contributed by atoms with van der Waals surface area (Å²) in [5.74, 6) is -4.52. The molecule has 0 spiro atoms. The molecule has 0 saturated carbocycles. The second kappa shape index (κ2) is 11.0. The summed E-state index contributed by atoms with van der Waals surface area (Å²) < 4.78 is 30.0. The number of allylic oxidation sites excluding steroid dienone is 2. The van der Waals surface area contributed by atoms with E-state index < -0.39 is 41.3 Å². The van der Waals surface area contributed by atoms with Gasteiger partial charge in [0.15, 0.2) is 5.78 Å². The van der Waals surface area contributed by atoms with Gasteiger partial charge in [-0.1, -0.05) is 18.2 Å². The zero-order valence-corrected chi connectivity index (χ0v) is 22.9. The molecule has 0 amide bonds. The van der Waals surface area contributed by atoms with Crippen molar-refractivity contribution in [1.82, 2.24) is 0 Å². The molecule has 10 heteroatoms. The van der Waals surface area contributed by atoms with Crippen molar-refractivity contribution in [2.75, 3.05) is 26.2 Å². The molecule has 5 rings (SSSR count). The van der Waals surface area contributed by atoms with E-state index in [0.29, 0.717) is 28.3 Å². The Morgan fingerprint density at radius 2 is 1.77 bits per heavy atom. The molecule has 2 heterocycles. The average molecular weight is 563 g/mol. The van der Waals surface area contributed by atoms with E-state index in [9.17, 15) is 18.8 Å². The van der Waals surface area contributed by atoms with Crippen molar-refractivity contribution in [3.63, 3.8) is 0 Å². The molecule has 2 aromatic carbocycles. The number of hydrogen-bond donors (Lipinski definition) is 1. The SMILES string of the molecule is COC(=O)C1=C(N)N(c2cccc(F)c2)C2=C(C(=O)[C@H](C(=O)OC)[C@H](c3ccc(OC)cc3)C2)[C@H]1c1ccsc1. The first-order chi connectivity index (χ1) is 19.3. The fourth-order valence-electron chi connectivity index (χ4n) is 5.58. The van der Waals surface area contributed by atoms with E-state index in [1.54, 1.807) is 43.5 Å². The lowest BCUT2D eigenvalue weighted by Crippen LogP contribution is -2.46. The van der Waals surface area contributed by atoms with E-state index >= 15 is 0 Å². The molecule has 2 aliphatic rings. The smallest absolute Gasteiger partial charge is 0.338 e. The van der Waals surface area contributed by atoms with Crippen molar-refractivity contribution in [1.29, 1.82) is 0 Å². The maximum atomic E-state index is 14.5. The number of nitrogens with zero attached hydrogens (tertiary/aromatic N) is 1. The zero-order chi connectivity index (χ0) is 28.6. The molecule has 0 bridgehead atoms. The second-order valence-corrected chi connectivity index (χ2v) is 10.2. The van der Waals surface area contributed by atoms with Crippen LogP contribution in [0.2, 0.25) is 0 Å². The first-order valence-corrected chi connectivity index (χ1v) is 13.4. The Bertz CT molecular complexity index is 1530. The van der Waals surface area contributed by atoms with E-state index in [1.165, 1.54) is 48.7 Å². The average Bonchev–Trinajstić information content (AvgIpc) is 3.50. The van der Waals surface area contributed by atoms with E-state index in [4.69, 9.17) is 19.9 Å². The predicted octanol–water partition coefficient (Wildman–Crippen LogP) is 4.64. The highest BCUT2D eigenvalue weighted by Gasteiger charge is 2.51. The van der Waals surface area contributed by atoms with Gasteiger partial charge >= 0.3 is 11.9 Å². The molecule has 0 fully saturated rings. The number of ether oxygens (including phenoxy) is 3. The molecule has 3 aromatic rings. The number of Topliss-reactive ketones (excluding diaryl/α,β-unsaturated/α-hetero) is 1. The van der Waals surface area contributed by atoms with E-state index in [-0.39, 0.29) is 23.4 Å². The Morgan fingerprint density at radius 3 is 2.38 bits per heavy atom. The predicted molar refractivity (Wildman–Crippen MR) is 147 cm³/mol. The fourth-order valence-corrected chi connectivity index (χ4v) is 6.27. The topological polar surface area (TPSA) is 108 Å². The highest BCUT2D eigenvalue weighted by molar-refractivity contribution is 7.08. The third-order valence-corrected chi connectivity index (χ3v) is 8.09. The van der Waals surface area contributed by atoms with Crippen molar-refractivity contribution in [2.24, 2.45) is 11.7 Å². The summed E-state index contributed by atoms with van der Waals surface area (Å²) in [6.07, 6.45) is 0.180. The molecule has 0 radical (unpaired) electrons. The third-order valence-electron chi connectivity index (χ3n) is 7.39. The highest BCUT2D eigenvalue weighted by Crippen LogP contribution is 2.51. The van der Waals surface area contributed by atoms with Crippen LogP contribution in [0.5, 0.6) is 5.75 Å². The molecule has 0 unspecified atom stereocenters. The Kier molecular flexibility index (Phi) is 7.44. The summed E-state index contributed by atoms with van der Waals surface area (Å²) >= 11 is 1.39. The fraction of sp³-hybridized carbons (Fsp3) is 0.233. The monoisotopic (exact) mass is 562 g/mol. The van der Waals surface area contributed by atoms with Crippen molar-refractivity contribution in [3.8, 4) is 5.75 Å². The number of hydrogen-bond acceptors (Lipinski definition) is 9. The largest absolute Gasteiger partial charge is 0.497 e. The van der Waals surface area contributed by atoms with Gasteiger partial charge in [0.2, 0.25) is 0 Å². The molecule has 2 N–H and O–H groups in total. The van der Waals surface area contributed by atoms with Crippen molar-refractivity contribution >= 4 is 34.7 Å². The van der Waals surface area contributed by atoms with E-state index in [2.05, 4.69) is 0 Å². The number of methoxy groups -OCH3 is 3. The van der Waals surface area contributed by atoms with Gasteiger partial charge in [-0.15, -0.1) is 0 Å². The number of ketones is 1. The summed E-state index contributed by atoms with van der Waals surface area (Å²) in [5, 5.41) is 3.64. The lowest BCUT2D eigenvalue weighted by atomic mass is 9.67. The van der Waals surface area contributed by atoms with Gasteiger partial charge in [0.25, 0.3) is 0 Å². The maximum Gasteiger partial charge on any atom is 0.338 e. The number of anilines is 1. The van der Waals surface area contributed by atoms with E-state index in [0.717, 1.165) is 0 Å². The van der Waals surface area contributed by atoms with Crippen LogP contribution in [-0.4, -0.2) is 39.1 Å². The summed E-state index contributed by atoms with van der Waals surface area (Å²) in [5.41, 5.74) is 9.12. The van der Waals surface area contributed by atoms with Crippen LogP contribution in [0.4, 0.5) is 10.1 Å². The number of thiophene rings is 1.